The van der Waals surface area contributed by atoms with Crippen LogP contribution in [0, 0.1) is 0 Å². The standard InChI is InChI=1S/C13H17ClN2O5S.ClH/c14-12-2-1-10(9-11(12)13(17)18)22(19,20)15-3-4-16-5-7-21-8-6-16;/h1-2,9,15H,3-8H2,(H,17,18);1H/p-1. The van der Waals surface area contributed by atoms with Gasteiger partial charge in [-0.25, -0.2) is 17.9 Å². The first-order valence-corrected chi connectivity index (χ1v) is 8.59. The molecule has 23 heavy (non-hydrogen) atoms. The minimum Gasteiger partial charge on any atom is -1.00 e. The molecule has 1 aromatic rings. The van der Waals surface area contributed by atoms with E-state index in [1.807, 2.05) is 0 Å². The molecule has 0 aromatic heterocycles. The molecule has 1 aliphatic heterocycles. The van der Waals surface area contributed by atoms with Crippen molar-refractivity contribution in [2.24, 2.45) is 0 Å². The van der Waals surface area contributed by atoms with E-state index in [2.05, 4.69) is 9.62 Å². The van der Waals surface area contributed by atoms with Crippen molar-refractivity contribution in [3.63, 3.8) is 0 Å². The van der Waals surface area contributed by atoms with E-state index in [0.717, 1.165) is 19.2 Å². The van der Waals surface area contributed by atoms with E-state index in [1.165, 1.54) is 12.1 Å². The van der Waals surface area contributed by atoms with Crippen molar-refractivity contribution in [2.75, 3.05) is 39.4 Å². The molecular weight excluding hydrogens is 367 g/mol. The molecule has 0 radical (unpaired) electrons. The number of rotatable bonds is 6. The van der Waals surface area contributed by atoms with Crippen molar-refractivity contribution < 1.29 is 35.5 Å². The summed E-state index contributed by atoms with van der Waals surface area (Å²) in [5.74, 6) is -1.27. The lowest BCUT2D eigenvalue weighted by molar-refractivity contribution is -0.0000243. The number of aromatic carboxylic acids is 1. The van der Waals surface area contributed by atoms with E-state index in [9.17, 15) is 13.2 Å². The van der Waals surface area contributed by atoms with Gasteiger partial charge in [-0.2, -0.15) is 0 Å². The summed E-state index contributed by atoms with van der Waals surface area (Å²) in [5.41, 5.74) is -0.238. The fourth-order valence-corrected chi connectivity index (χ4v) is 3.33. The minimum absolute atomic E-state index is 0. The van der Waals surface area contributed by atoms with Crippen LogP contribution < -0.4 is 17.1 Å². The van der Waals surface area contributed by atoms with E-state index < -0.39 is 16.0 Å². The predicted molar refractivity (Wildman–Crippen MR) is 80.9 cm³/mol. The first-order valence-electron chi connectivity index (χ1n) is 6.73. The molecule has 0 aliphatic carbocycles. The van der Waals surface area contributed by atoms with Crippen LogP contribution in [0.15, 0.2) is 23.1 Å². The Morgan fingerprint density at radius 1 is 1.35 bits per heavy atom. The molecule has 0 atom stereocenters. The van der Waals surface area contributed by atoms with Gasteiger partial charge in [0.25, 0.3) is 0 Å². The number of halogens is 2. The van der Waals surface area contributed by atoms with Gasteiger partial charge in [0.05, 0.1) is 28.7 Å². The van der Waals surface area contributed by atoms with Gasteiger partial charge in [0.1, 0.15) is 0 Å². The number of hydrogen-bond acceptors (Lipinski definition) is 5. The fourth-order valence-electron chi connectivity index (χ4n) is 2.08. The third kappa shape index (κ3) is 5.59. The van der Waals surface area contributed by atoms with Gasteiger partial charge in [-0.15, -0.1) is 0 Å². The van der Waals surface area contributed by atoms with E-state index in [0.29, 0.717) is 19.8 Å². The van der Waals surface area contributed by atoms with Crippen LogP contribution in [-0.2, 0) is 14.8 Å². The van der Waals surface area contributed by atoms with Crippen molar-refractivity contribution in [3.05, 3.63) is 28.8 Å². The van der Waals surface area contributed by atoms with E-state index in [4.69, 9.17) is 21.4 Å². The summed E-state index contributed by atoms with van der Waals surface area (Å²) in [5, 5.41) is 8.98. The number of benzene rings is 1. The maximum absolute atomic E-state index is 12.2. The van der Waals surface area contributed by atoms with Gasteiger partial charge in [0, 0.05) is 26.2 Å². The summed E-state index contributed by atoms with van der Waals surface area (Å²) in [6.45, 7) is 3.64. The van der Waals surface area contributed by atoms with Crippen LogP contribution in [0.3, 0.4) is 0 Å². The van der Waals surface area contributed by atoms with Crippen LogP contribution in [-0.4, -0.2) is 63.8 Å². The Balaban J connectivity index is 0.00000264. The quantitative estimate of drug-likeness (QED) is 0.571. The fraction of sp³-hybridized carbons (Fsp3) is 0.462. The molecule has 10 heteroatoms. The monoisotopic (exact) mass is 383 g/mol. The molecule has 1 saturated heterocycles. The topological polar surface area (TPSA) is 95.9 Å². The molecule has 1 fully saturated rings. The van der Waals surface area contributed by atoms with Gasteiger partial charge >= 0.3 is 5.97 Å². The Morgan fingerprint density at radius 3 is 2.61 bits per heavy atom. The molecule has 0 unspecified atom stereocenters. The Morgan fingerprint density at radius 2 is 2.00 bits per heavy atom. The number of nitrogens with zero attached hydrogens (tertiary/aromatic N) is 1. The summed E-state index contributed by atoms with van der Waals surface area (Å²) in [4.78, 5) is 13.0. The van der Waals surface area contributed by atoms with E-state index in [-0.39, 0.29) is 34.4 Å². The molecule has 0 saturated carbocycles. The van der Waals surface area contributed by atoms with Gasteiger partial charge in [0.15, 0.2) is 0 Å². The second-order valence-corrected chi connectivity index (χ2v) is 6.97. The van der Waals surface area contributed by atoms with E-state index in [1.54, 1.807) is 0 Å². The zero-order valence-corrected chi connectivity index (χ0v) is 14.5. The van der Waals surface area contributed by atoms with Crippen molar-refractivity contribution in [3.8, 4) is 0 Å². The number of carboxylic acid groups (broad SMARTS) is 1. The maximum Gasteiger partial charge on any atom is 0.337 e. The zero-order chi connectivity index (χ0) is 16.2. The highest BCUT2D eigenvalue weighted by atomic mass is 35.5. The highest BCUT2D eigenvalue weighted by molar-refractivity contribution is 7.89. The molecule has 0 amide bonds. The number of nitrogens with one attached hydrogen (secondary N) is 1. The average molecular weight is 384 g/mol. The zero-order valence-electron chi connectivity index (χ0n) is 12.2. The third-order valence-corrected chi connectivity index (χ3v) is 5.09. The molecule has 0 bridgehead atoms. The van der Waals surface area contributed by atoms with Crippen LogP contribution in [0.5, 0.6) is 0 Å². The van der Waals surface area contributed by atoms with Gasteiger partial charge < -0.3 is 22.3 Å². The molecule has 1 aromatic carbocycles. The maximum atomic E-state index is 12.2. The van der Waals surface area contributed by atoms with E-state index >= 15 is 0 Å². The molecule has 2 rings (SSSR count). The summed E-state index contributed by atoms with van der Waals surface area (Å²) < 4.78 is 32.0. The number of morpholine rings is 1. The van der Waals surface area contributed by atoms with Crippen molar-refractivity contribution in [1.82, 2.24) is 9.62 Å². The Hall–Kier alpha value is -0.900. The number of hydrogen-bond donors (Lipinski definition) is 2. The van der Waals surface area contributed by atoms with Gasteiger partial charge in [-0.3, -0.25) is 4.90 Å². The largest absolute Gasteiger partial charge is 1.00 e. The summed E-state index contributed by atoms with van der Waals surface area (Å²) in [6.07, 6.45) is 0. The molecule has 1 heterocycles. The lowest BCUT2D eigenvalue weighted by atomic mass is 10.2. The first kappa shape index (κ1) is 20.1. The lowest BCUT2D eigenvalue weighted by Gasteiger charge is -2.26. The molecule has 130 valence electrons. The van der Waals surface area contributed by atoms with Gasteiger partial charge in [0.2, 0.25) is 10.0 Å². The smallest absolute Gasteiger partial charge is 0.337 e. The summed E-state index contributed by atoms with van der Waals surface area (Å²) in [7, 11) is -3.76. The Bertz CT molecular complexity index is 648. The molecule has 2 N–H and O–H groups in total. The second kappa shape index (κ2) is 8.81. The van der Waals surface area contributed by atoms with Crippen LogP contribution in [0.1, 0.15) is 10.4 Å². The molecular formula is C13H17Cl2N2O5S-. The van der Waals surface area contributed by atoms with Crippen LogP contribution in [0.4, 0.5) is 0 Å². The van der Waals surface area contributed by atoms with Crippen LogP contribution >= 0.6 is 11.6 Å². The van der Waals surface area contributed by atoms with Crippen molar-refractivity contribution in [1.29, 1.82) is 0 Å². The highest BCUT2D eigenvalue weighted by Gasteiger charge is 2.19. The summed E-state index contributed by atoms with van der Waals surface area (Å²) >= 11 is 5.73. The Kier molecular flexibility index (Phi) is 7.72. The van der Waals surface area contributed by atoms with Crippen LogP contribution in [0.25, 0.3) is 0 Å². The normalized spacial score (nSPS) is 15.9. The van der Waals surface area contributed by atoms with Crippen molar-refractivity contribution in [2.45, 2.75) is 4.90 Å². The average Bonchev–Trinajstić information content (AvgIpc) is 2.48. The molecule has 7 nitrogen and oxygen atoms in total. The first-order chi connectivity index (χ1) is 10.4. The minimum atomic E-state index is -3.76. The SMILES string of the molecule is O=C(O)c1cc(S(=O)(=O)NCCN2CCOCC2)ccc1Cl.[Cl-]. The predicted octanol–water partition coefficient (Wildman–Crippen LogP) is -2.35. The molecule has 0 spiro atoms. The van der Waals surface area contributed by atoms with Gasteiger partial charge in [-0.1, -0.05) is 11.6 Å². The summed E-state index contributed by atoms with van der Waals surface area (Å²) in [6, 6.07) is 3.61. The number of carbonyl (C=O) groups is 1. The number of carboxylic acids is 1. The van der Waals surface area contributed by atoms with Gasteiger partial charge in [-0.05, 0) is 18.2 Å². The van der Waals surface area contributed by atoms with Crippen molar-refractivity contribution >= 4 is 27.6 Å². The third-order valence-electron chi connectivity index (χ3n) is 3.30. The number of sulfonamides is 1. The highest BCUT2D eigenvalue weighted by Crippen LogP contribution is 2.20. The lowest BCUT2D eigenvalue weighted by Crippen LogP contribution is -3.00. The molecule has 1 aliphatic rings. The second-order valence-electron chi connectivity index (χ2n) is 4.80. The number of ether oxygens (including phenoxy) is 1. The Labute approximate surface area is 146 Å². The van der Waals surface area contributed by atoms with Crippen LogP contribution in [0.2, 0.25) is 5.02 Å².